The second-order valence-electron chi connectivity index (χ2n) is 3.50. The number of phenolic OH excluding ortho intramolecular Hbond substituents is 1. The Bertz CT molecular complexity index is 363. The Morgan fingerprint density at radius 3 is 2.87 bits per heavy atom. The third kappa shape index (κ3) is 2.60. The minimum atomic E-state index is -0.243. The summed E-state index contributed by atoms with van der Waals surface area (Å²) in [5, 5.41) is 17.7. The van der Waals surface area contributed by atoms with Crippen molar-refractivity contribution in [3.8, 4) is 5.75 Å². The van der Waals surface area contributed by atoms with Gasteiger partial charge in [-0.2, -0.15) is 0 Å². The molecule has 80 valence electrons. The van der Waals surface area contributed by atoms with Crippen molar-refractivity contribution in [3.63, 3.8) is 0 Å². The van der Waals surface area contributed by atoms with Crippen molar-refractivity contribution in [1.29, 1.82) is 0 Å². The summed E-state index contributed by atoms with van der Waals surface area (Å²) in [6, 6.07) is 6.42. The first-order chi connectivity index (χ1) is 7.24. The lowest BCUT2D eigenvalue weighted by Crippen LogP contribution is -2.57. The van der Waals surface area contributed by atoms with Crippen LogP contribution in [0.4, 0.5) is 10.5 Å². The van der Waals surface area contributed by atoms with Gasteiger partial charge in [-0.3, -0.25) is 0 Å². The molecular weight excluding hydrogens is 194 g/mol. The number of phenols is 1. The summed E-state index contributed by atoms with van der Waals surface area (Å²) in [5.41, 5.74) is 0.583. The van der Waals surface area contributed by atoms with Gasteiger partial charge in [0.15, 0.2) is 0 Å². The van der Waals surface area contributed by atoms with Gasteiger partial charge in [0.05, 0.1) is 6.04 Å². The number of carbonyl (C=O) groups excluding carboxylic acids is 1. The highest BCUT2D eigenvalue weighted by Gasteiger charge is 2.18. The number of nitrogens with one attached hydrogen (secondary N) is 3. The zero-order chi connectivity index (χ0) is 10.7. The van der Waals surface area contributed by atoms with E-state index in [2.05, 4.69) is 16.0 Å². The molecule has 0 spiro atoms. The molecular formula is C10H13N3O2. The maximum atomic E-state index is 11.4. The first kappa shape index (κ1) is 9.79. The lowest BCUT2D eigenvalue weighted by Gasteiger charge is -2.27. The van der Waals surface area contributed by atoms with Crippen LogP contribution in [-0.4, -0.2) is 30.3 Å². The van der Waals surface area contributed by atoms with Gasteiger partial charge in [-0.15, -0.1) is 0 Å². The normalized spacial score (nSPS) is 15.5. The van der Waals surface area contributed by atoms with E-state index < -0.39 is 0 Å². The molecule has 0 aliphatic carbocycles. The maximum absolute atomic E-state index is 11.4. The molecule has 0 unspecified atom stereocenters. The predicted octanol–water partition coefficient (Wildman–Crippen LogP) is 0.485. The lowest BCUT2D eigenvalue weighted by atomic mass is 10.2. The molecule has 5 nitrogen and oxygen atoms in total. The van der Waals surface area contributed by atoms with Crippen molar-refractivity contribution in [2.24, 2.45) is 0 Å². The number of hydrogen-bond acceptors (Lipinski definition) is 3. The Labute approximate surface area is 87.5 Å². The average Bonchev–Trinajstić information content (AvgIpc) is 2.11. The fourth-order valence-corrected chi connectivity index (χ4v) is 1.33. The Balaban J connectivity index is 1.87. The van der Waals surface area contributed by atoms with Gasteiger partial charge in [0.2, 0.25) is 0 Å². The van der Waals surface area contributed by atoms with Crippen LogP contribution in [0.3, 0.4) is 0 Å². The van der Waals surface area contributed by atoms with Crippen molar-refractivity contribution in [2.45, 2.75) is 6.04 Å². The smallest absolute Gasteiger partial charge is 0.319 e. The van der Waals surface area contributed by atoms with Crippen LogP contribution >= 0.6 is 0 Å². The third-order valence-electron chi connectivity index (χ3n) is 2.22. The van der Waals surface area contributed by atoms with Crippen LogP contribution in [-0.2, 0) is 0 Å². The summed E-state index contributed by atoms with van der Waals surface area (Å²) in [6.07, 6.45) is 0. The molecule has 1 aromatic carbocycles. The van der Waals surface area contributed by atoms with Crippen LogP contribution in [0.15, 0.2) is 24.3 Å². The molecule has 0 bridgehead atoms. The second kappa shape index (κ2) is 4.18. The molecule has 4 N–H and O–H groups in total. The van der Waals surface area contributed by atoms with Crippen molar-refractivity contribution < 1.29 is 9.90 Å². The monoisotopic (exact) mass is 207 g/mol. The number of urea groups is 1. The Morgan fingerprint density at radius 1 is 1.47 bits per heavy atom. The molecule has 2 amide bonds. The van der Waals surface area contributed by atoms with Gasteiger partial charge in [-0.05, 0) is 12.1 Å². The SMILES string of the molecule is O=C(Nc1cccc(O)c1)NC1CNC1. The molecule has 5 heteroatoms. The Kier molecular flexibility index (Phi) is 2.73. The number of hydrogen-bond donors (Lipinski definition) is 4. The summed E-state index contributed by atoms with van der Waals surface area (Å²) in [7, 11) is 0. The second-order valence-corrected chi connectivity index (χ2v) is 3.50. The largest absolute Gasteiger partial charge is 0.508 e. The topological polar surface area (TPSA) is 73.4 Å². The molecule has 1 saturated heterocycles. The summed E-state index contributed by atoms with van der Waals surface area (Å²) >= 11 is 0. The van der Waals surface area contributed by atoms with Crippen LogP contribution in [0.5, 0.6) is 5.75 Å². The number of amides is 2. The Hall–Kier alpha value is -1.75. The number of benzene rings is 1. The summed E-state index contributed by atoms with van der Waals surface area (Å²) < 4.78 is 0. The molecule has 0 aromatic heterocycles. The van der Waals surface area contributed by atoms with Crippen LogP contribution < -0.4 is 16.0 Å². The molecule has 0 atom stereocenters. The molecule has 0 saturated carbocycles. The van der Waals surface area contributed by atoms with Crippen molar-refractivity contribution in [3.05, 3.63) is 24.3 Å². The van der Waals surface area contributed by atoms with Gasteiger partial charge in [-0.1, -0.05) is 6.07 Å². The van der Waals surface area contributed by atoms with E-state index in [1.54, 1.807) is 18.2 Å². The summed E-state index contributed by atoms with van der Waals surface area (Å²) in [4.78, 5) is 11.4. The molecule has 15 heavy (non-hydrogen) atoms. The molecule has 1 aliphatic rings. The fourth-order valence-electron chi connectivity index (χ4n) is 1.33. The standard InChI is InChI=1S/C10H13N3O2/c14-9-3-1-2-7(4-9)12-10(15)13-8-5-11-6-8/h1-4,8,11,14H,5-6H2,(H2,12,13,15). The highest BCUT2D eigenvalue weighted by atomic mass is 16.3. The van der Waals surface area contributed by atoms with Gasteiger partial charge in [-0.25, -0.2) is 4.79 Å². The van der Waals surface area contributed by atoms with E-state index in [0.717, 1.165) is 13.1 Å². The van der Waals surface area contributed by atoms with Crippen molar-refractivity contribution >= 4 is 11.7 Å². The maximum Gasteiger partial charge on any atom is 0.319 e. The summed E-state index contributed by atoms with van der Waals surface area (Å²) in [5.74, 6) is 0.137. The number of carbonyl (C=O) groups is 1. The molecule has 1 fully saturated rings. The number of rotatable bonds is 2. The van der Waals surface area contributed by atoms with E-state index in [0.29, 0.717) is 5.69 Å². The predicted molar refractivity (Wildman–Crippen MR) is 56.9 cm³/mol. The van der Waals surface area contributed by atoms with Crippen molar-refractivity contribution in [2.75, 3.05) is 18.4 Å². The van der Waals surface area contributed by atoms with Crippen LogP contribution in [0.2, 0.25) is 0 Å². The van der Waals surface area contributed by atoms with Gasteiger partial charge >= 0.3 is 6.03 Å². The van der Waals surface area contributed by atoms with E-state index in [4.69, 9.17) is 0 Å². The van der Waals surface area contributed by atoms with Gasteiger partial charge in [0.25, 0.3) is 0 Å². The van der Waals surface area contributed by atoms with Crippen molar-refractivity contribution in [1.82, 2.24) is 10.6 Å². The highest BCUT2D eigenvalue weighted by molar-refractivity contribution is 5.89. The molecule has 1 aromatic rings. The van der Waals surface area contributed by atoms with E-state index in [9.17, 15) is 9.90 Å². The molecule has 1 heterocycles. The lowest BCUT2D eigenvalue weighted by molar-refractivity contribution is 0.243. The first-order valence-corrected chi connectivity index (χ1v) is 4.81. The average molecular weight is 207 g/mol. The zero-order valence-corrected chi connectivity index (χ0v) is 8.16. The van der Waals surface area contributed by atoms with Crippen LogP contribution in [0, 0.1) is 0 Å². The first-order valence-electron chi connectivity index (χ1n) is 4.81. The highest BCUT2D eigenvalue weighted by Crippen LogP contribution is 2.14. The van der Waals surface area contributed by atoms with E-state index >= 15 is 0 Å². The quantitative estimate of drug-likeness (QED) is 0.570. The Morgan fingerprint density at radius 2 is 2.27 bits per heavy atom. The van der Waals surface area contributed by atoms with Gasteiger partial charge in [0, 0.05) is 24.8 Å². The molecule has 0 radical (unpaired) electrons. The third-order valence-corrected chi connectivity index (χ3v) is 2.22. The zero-order valence-electron chi connectivity index (χ0n) is 8.16. The minimum Gasteiger partial charge on any atom is -0.508 e. The molecule has 2 rings (SSSR count). The summed E-state index contributed by atoms with van der Waals surface area (Å²) in [6.45, 7) is 1.63. The van der Waals surface area contributed by atoms with Crippen LogP contribution in [0.25, 0.3) is 0 Å². The van der Waals surface area contributed by atoms with E-state index in [-0.39, 0.29) is 17.8 Å². The number of anilines is 1. The minimum absolute atomic E-state index is 0.137. The number of aromatic hydroxyl groups is 1. The van der Waals surface area contributed by atoms with Gasteiger partial charge < -0.3 is 21.1 Å². The van der Waals surface area contributed by atoms with Crippen LogP contribution in [0.1, 0.15) is 0 Å². The van der Waals surface area contributed by atoms with E-state index in [1.165, 1.54) is 6.07 Å². The fraction of sp³-hybridized carbons (Fsp3) is 0.300. The molecule has 1 aliphatic heterocycles. The van der Waals surface area contributed by atoms with Gasteiger partial charge in [0.1, 0.15) is 5.75 Å². The van der Waals surface area contributed by atoms with E-state index in [1.807, 2.05) is 0 Å².